The van der Waals surface area contributed by atoms with Crippen LogP contribution >= 0.6 is 0 Å². The molecule has 2 atom stereocenters. The molecule has 28 heavy (non-hydrogen) atoms. The van der Waals surface area contributed by atoms with Crippen LogP contribution in [0.5, 0.6) is 17.2 Å². The molecular weight excluding hydrogens is 358 g/mol. The van der Waals surface area contributed by atoms with E-state index in [0.717, 1.165) is 29.7 Å². The lowest BCUT2D eigenvalue weighted by atomic mass is 9.91. The van der Waals surface area contributed by atoms with Crippen molar-refractivity contribution in [3.05, 3.63) is 53.6 Å². The van der Waals surface area contributed by atoms with E-state index in [4.69, 9.17) is 14.2 Å². The van der Waals surface area contributed by atoms with Gasteiger partial charge in [0.1, 0.15) is 11.8 Å². The molecule has 1 heterocycles. The first-order valence-corrected chi connectivity index (χ1v) is 9.43. The molecule has 0 amide bonds. The van der Waals surface area contributed by atoms with E-state index in [1.54, 1.807) is 21.3 Å². The van der Waals surface area contributed by atoms with Gasteiger partial charge in [0.25, 0.3) is 0 Å². The predicted octanol–water partition coefficient (Wildman–Crippen LogP) is 3.74. The van der Waals surface area contributed by atoms with Gasteiger partial charge in [-0.25, -0.2) is 0 Å². The lowest BCUT2D eigenvalue weighted by molar-refractivity contribution is -0.145. The zero-order valence-corrected chi connectivity index (χ0v) is 16.6. The van der Waals surface area contributed by atoms with E-state index >= 15 is 0 Å². The summed E-state index contributed by atoms with van der Waals surface area (Å²) < 4.78 is 16.3. The number of ether oxygens (including phenoxy) is 3. The zero-order chi connectivity index (χ0) is 20.1. The van der Waals surface area contributed by atoms with Crippen LogP contribution in [-0.4, -0.2) is 49.9 Å². The molecule has 2 aromatic carbocycles. The largest absolute Gasteiger partial charge is 0.497 e. The maximum atomic E-state index is 12.0. The number of hydrogen-bond donors (Lipinski definition) is 1. The SMILES string of the molecule is COc1cccc(C(c2ccc(OC)c(OC)c2)N2CCCCC2C(=O)O)c1. The monoisotopic (exact) mass is 385 g/mol. The molecule has 3 rings (SSSR count). The van der Waals surface area contributed by atoms with Crippen molar-refractivity contribution in [1.82, 2.24) is 4.90 Å². The Morgan fingerprint density at radius 3 is 2.43 bits per heavy atom. The topological polar surface area (TPSA) is 68.2 Å². The van der Waals surface area contributed by atoms with Gasteiger partial charge in [0.05, 0.1) is 27.4 Å². The summed E-state index contributed by atoms with van der Waals surface area (Å²) in [5, 5.41) is 9.82. The summed E-state index contributed by atoms with van der Waals surface area (Å²) in [6.07, 6.45) is 2.53. The molecule has 0 aliphatic carbocycles. The molecule has 1 aliphatic rings. The van der Waals surface area contributed by atoms with Gasteiger partial charge in [-0.2, -0.15) is 0 Å². The number of nitrogens with zero attached hydrogens (tertiary/aromatic N) is 1. The van der Waals surface area contributed by atoms with Gasteiger partial charge >= 0.3 is 5.97 Å². The third-order valence-electron chi connectivity index (χ3n) is 5.29. The number of piperidine rings is 1. The molecule has 0 bridgehead atoms. The van der Waals surface area contributed by atoms with E-state index in [0.29, 0.717) is 24.5 Å². The number of carboxylic acids is 1. The third-order valence-corrected chi connectivity index (χ3v) is 5.29. The highest BCUT2D eigenvalue weighted by atomic mass is 16.5. The van der Waals surface area contributed by atoms with Crippen molar-refractivity contribution in [2.24, 2.45) is 0 Å². The Kier molecular flexibility index (Phi) is 6.41. The second-order valence-electron chi connectivity index (χ2n) is 6.88. The molecule has 2 aromatic rings. The van der Waals surface area contributed by atoms with Crippen LogP contribution in [0.1, 0.15) is 36.4 Å². The summed E-state index contributed by atoms with van der Waals surface area (Å²) in [5.74, 6) is 1.22. The van der Waals surface area contributed by atoms with Gasteiger partial charge in [-0.15, -0.1) is 0 Å². The van der Waals surface area contributed by atoms with Gasteiger partial charge in [0.15, 0.2) is 11.5 Å². The standard InChI is InChI=1S/C22H27NO5/c1-26-17-8-6-7-15(13-17)21(23-12-5-4-9-18(23)22(24)25)16-10-11-19(27-2)20(14-16)28-3/h6-8,10-11,13-14,18,21H,4-5,9,12H2,1-3H3,(H,24,25). The highest BCUT2D eigenvalue weighted by Gasteiger charge is 2.35. The number of likely N-dealkylation sites (tertiary alicyclic amines) is 1. The zero-order valence-electron chi connectivity index (χ0n) is 16.6. The lowest BCUT2D eigenvalue weighted by Crippen LogP contribution is -2.46. The van der Waals surface area contributed by atoms with Gasteiger partial charge in [-0.3, -0.25) is 9.69 Å². The van der Waals surface area contributed by atoms with Crippen LogP contribution in [0.2, 0.25) is 0 Å². The second-order valence-corrected chi connectivity index (χ2v) is 6.88. The minimum absolute atomic E-state index is 0.226. The van der Waals surface area contributed by atoms with Crippen LogP contribution in [0.3, 0.4) is 0 Å². The summed E-state index contributed by atoms with van der Waals surface area (Å²) in [6, 6.07) is 12.8. The van der Waals surface area contributed by atoms with E-state index in [9.17, 15) is 9.90 Å². The van der Waals surface area contributed by atoms with Crippen molar-refractivity contribution in [2.75, 3.05) is 27.9 Å². The number of methoxy groups -OCH3 is 3. The number of hydrogen-bond acceptors (Lipinski definition) is 5. The number of carbonyl (C=O) groups is 1. The minimum atomic E-state index is -0.784. The molecular formula is C22H27NO5. The third kappa shape index (κ3) is 4.07. The molecule has 1 N–H and O–H groups in total. The lowest BCUT2D eigenvalue weighted by Gasteiger charge is -2.39. The van der Waals surface area contributed by atoms with Gasteiger partial charge in [-0.05, 0) is 54.8 Å². The predicted molar refractivity (Wildman–Crippen MR) is 106 cm³/mol. The van der Waals surface area contributed by atoms with Crippen LogP contribution in [0.4, 0.5) is 0 Å². The Morgan fingerprint density at radius 2 is 1.75 bits per heavy atom. The molecule has 0 saturated carbocycles. The molecule has 6 heteroatoms. The Balaban J connectivity index is 2.12. The van der Waals surface area contributed by atoms with Crippen LogP contribution in [0.25, 0.3) is 0 Å². The van der Waals surface area contributed by atoms with E-state index in [2.05, 4.69) is 4.90 Å². The van der Waals surface area contributed by atoms with Crippen molar-refractivity contribution in [1.29, 1.82) is 0 Å². The molecule has 1 aliphatic heterocycles. The highest BCUT2D eigenvalue weighted by Crippen LogP contribution is 2.38. The maximum Gasteiger partial charge on any atom is 0.320 e. The van der Waals surface area contributed by atoms with Gasteiger partial charge in [0, 0.05) is 0 Å². The number of rotatable bonds is 7. The molecule has 0 spiro atoms. The van der Waals surface area contributed by atoms with Crippen molar-refractivity contribution in [3.63, 3.8) is 0 Å². The summed E-state index contributed by atoms with van der Waals surface area (Å²) in [4.78, 5) is 14.0. The van der Waals surface area contributed by atoms with Crippen LogP contribution in [-0.2, 0) is 4.79 Å². The Hall–Kier alpha value is -2.73. The second kappa shape index (κ2) is 8.97. The van der Waals surface area contributed by atoms with Crippen molar-refractivity contribution < 1.29 is 24.1 Å². The molecule has 6 nitrogen and oxygen atoms in total. The number of aliphatic carboxylic acids is 1. The summed E-state index contributed by atoms with van der Waals surface area (Å²) >= 11 is 0. The summed E-state index contributed by atoms with van der Waals surface area (Å²) in [7, 11) is 4.83. The fourth-order valence-electron chi connectivity index (χ4n) is 3.94. The van der Waals surface area contributed by atoms with Crippen LogP contribution in [0, 0.1) is 0 Å². The molecule has 1 fully saturated rings. The van der Waals surface area contributed by atoms with Gasteiger partial charge < -0.3 is 19.3 Å². The quantitative estimate of drug-likeness (QED) is 0.783. The number of benzene rings is 2. The normalized spacial score (nSPS) is 18.3. The van der Waals surface area contributed by atoms with Crippen molar-refractivity contribution in [2.45, 2.75) is 31.3 Å². The smallest absolute Gasteiger partial charge is 0.320 e. The fraction of sp³-hybridized carbons (Fsp3) is 0.409. The van der Waals surface area contributed by atoms with E-state index in [1.807, 2.05) is 42.5 Å². The Bertz CT molecular complexity index is 822. The van der Waals surface area contributed by atoms with Crippen molar-refractivity contribution >= 4 is 5.97 Å². The van der Waals surface area contributed by atoms with E-state index in [1.165, 1.54) is 0 Å². The summed E-state index contributed by atoms with van der Waals surface area (Å²) in [6.45, 7) is 0.715. The average Bonchev–Trinajstić information content (AvgIpc) is 2.74. The summed E-state index contributed by atoms with van der Waals surface area (Å²) in [5.41, 5.74) is 1.94. The van der Waals surface area contributed by atoms with Gasteiger partial charge in [-0.1, -0.05) is 24.6 Å². The van der Waals surface area contributed by atoms with Crippen LogP contribution in [0.15, 0.2) is 42.5 Å². The van der Waals surface area contributed by atoms with Crippen LogP contribution < -0.4 is 14.2 Å². The Labute approximate surface area is 165 Å². The van der Waals surface area contributed by atoms with E-state index < -0.39 is 12.0 Å². The first kappa shape index (κ1) is 20.0. The fourth-order valence-corrected chi connectivity index (χ4v) is 3.94. The molecule has 1 saturated heterocycles. The number of carboxylic acid groups (broad SMARTS) is 1. The average molecular weight is 385 g/mol. The minimum Gasteiger partial charge on any atom is -0.497 e. The maximum absolute atomic E-state index is 12.0. The van der Waals surface area contributed by atoms with E-state index in [-0.39, 0.29) is 6.04 Å². The molecule has 0 radical (unpaired) electrons. The van der Waals surface area contributed by atoms with Gasteiger partial charge in [0.2, 0.25) is 0 Å². The molecule has 0 aromatic heterocycles. The first-order chi connectivity index (χ1) is 13.6. The molecule has 2 unspecified atom stereocenters. The highest BCUT2D eigenvalue weighted by molar-refractivity contribution is 5.73. The Morgan fingerprint density at radius 1 is 1.00 bits per heavy atom. The van der Waals surface area contributed by atoms with Crippen molar-refractivity contribution in [3.8, 4) is 17.2 Å². The molecule has 150 valence electrons. The first-order valence-electron chi connectivity index (χ1n) is 9.43.